The number of hydrogen-bond acceptors (Lipinski definition) is 4. The average molecular weight is 277 g/mol. The SMILES string of the molecule is CN(C)c1cc(C(=O)NCC(O)C(F)(F)F)ccn1. The minimum absolute atomic E-state index is 0.174. The van der Waals surface area contributed by atoms with Crippen LogP contribution < -0.4 is 10.2 Å². The number of amides is 1. The predicted molar refractivity (Wildman–Crippen MR) is 63.0 cm³/mol. The minimum atomic E-state index is -4.75. The van der Waals surface area contributed by atoms with Crippen molar-refractivity contribution in [3.63, 3.8) is 0 Å². The normalized spacial score (nSPS) is 12.9. The molecule has 1 unspecified atom stereocenters. The molecule has 5 nitrogen and oxygen atoms in total. The molecule has 0 radical (unpaired) electrons. The number of aliphatic hydroxyl groups excluding tert-OH is 1. The molecule has 0 bridgehead atoms. The van der Waals surface area contributed by atoms with Gasteiger partial charge in [0.05, 0.1) is 6.54 Å². The Kier molecular flexibility index (Phi) is 4.71. The van der Waals surface area contributed by atoms with Crippen molar-refractivity contribution in [1.29, 1.82) is 0 Å². The van der Waals surface area contributed by atoms with Crippen molar-refractivity contribution < 1.29 is 23.1 Å². The standard InChI is InChI=1S/C11H14F3N3O2/c1-17(2)9-5-7(3-4-15-9)10(19)16-6-8(18)11(12,13)14/h3-5,8,18H,6H2,1-2H3,(H,16,19). The number of carbonyl (C=O) groups is 1. The molecule has 0 saturated heterocycles. The van der Waals surface area contributed by atoms with Gasteiger partial charge in [-0.3, -0.25) is 4.79 Å². The van der Waals surface area contributed by atoms with Crippen molar-refractivity contribution in [2.45, 2.75) is 12.3 Å². The second-order valence-corrected chi connectivity index (χ2v) is 4.06. The lowest BCUT2D eigenvalue weighted by Gasteiger charge is -2.15. The van der Waals surface area contributed by atoms with Crippen molar-refractivity contribution in [3.8, 4) is 0 Å². The van der Waals surface area contributed by atoms with Crippen LogP contribution in [0.1, 0.15) is 10.4 Å². The first kappa shape index (κ1) is 15.2. The molecule has 0 aromatic carbocycles. The number of nitrogens with zero attached hydrogens (tertiary/aromatic N) is 2. The van der Waals surface area contributed by atoms with Crippen molar-refractivity contribution in [3.05, 3.63) is 23.9 Å². The molecule has 1 atom stereocenters. The largest absolute Gasteiger partial charge is 0.416 e. The summed E-state index contributed by atoms with van der Waals surface area (Å²) in [6.45, 7) is -0.887. The summed E-state index contributed by atoms with van der Waals surface area (Å²) in [5.74, 6) is -0.196. The second kappa shape index (κ2) is 5.87. The number of nitrogens with one attached hydrogen (secondary N) is 1. The fraction of sp³-hybridized carbons (Fsp3) is 0.455. The lowest BCUT2D eigenvalue weighted by molar-refractivity contribution is -0.201. The zero-order valence-electron chi connectivity index (χ0n) is 10.4. The molecule has 19 heavy (non-hydrogen) atoms. The monoisotopic (exact) mass is 277 g/mol. The maximum atomic E-state index is 12.1. The van der Waals surface area contributed by atoms with Crippen molar-refractivity contribution >= 4 is 11.7 Å². The highest BCUT2D eigenvalue weighted by Gasteiger charge is 2.38. The second-order valence-electron chi connectivity index (χ2n) is 4.06. The maximum absolute atomic E-state index is 12.1. The number of aromatic nitrogens is 1. The Labute approximate surface area is 108 Å². The summed E-state index contributed by atoms with van der Waals surface area (Å²) in [5, 5.41) is 10.8. The molecule has 0 spiro atoms. The molecule has 0 saturated carbocycles. The molecule has 8 heteroatoms. The Hall–Kier alpha value is -1.83. The summed E-state index contributed by atoms with van der Waals surface area (Å²) >= 11 is 0. The van der Waals surface area contributed by atoms with Gasteiger partial charge >= 0.3 is 6.18 Å². The molecular weight excluding hydrogens is 263 g/mol. The first-order chi connectivity index (χ1) is 8.71. The van der Waals surface area contributed by atoms with Crippen LogP contribution >= 0.6 is 0 Å². The number of pyridine rings is 1. The predicted octanol–water partition coefficient (Wildman–Crippen LogP) is 0.801. The van der Waals surface area contributed by atoms with E-state index >= 15 is 0 Å². The van der Waals surface area contributed by atoms with Gasteiger partial charge in [-0.15, -0.1) is 0 Å². The fourth-order valence-corrected chi connectivity index (χ4v) is 1.21. The van der Waals surface area contributed by atoms with E-state index in [1.54, 1.807) is 19.0 Å². The van der Waals surface area contributed by atoms with Crippen LogP contribution in [0.4, 0.5) is 19.0 Å². The first-order valence-electron chi connectivity index (χ1n) is 5.38. The van der Waals surface area contributed by atoms with Crippen molar-refractivity contribution in [1.82, 2.24) is 10.3 Å². The third-order valence-corrected chi connectivity index (χ3v) is 2.30. The van der Waals surface area contributed by atoms with E-state index < -0.39 is 24.7 Å². The zero-order valence-corrected chi connectivity index (χ0v) is 10.4. The van der Waals surface area contributed by atoms with Crippen LogP contribution in [0, 0.1) is 0 Å². The van der Waals surface area contributed by atoms with Gasteiger partial charge in [0.1, 0.15) is 5.82 Å². The zero-order chi connectivity index (χ0) is 14.6. The topological polar surface area (TPSA) is 65.5 Å². The van der Waals surface area contributed by atoms with E-state index in [1.807, 2.05) is 5.32 Å². The molecule has 1 heterocycles. The van der Waals surface area contributed by atoms with Crippen LogP contribution in [0.15, 0.2) is 18.3 Å². The molecule has 1 rings (SSSR count). The summed E-state index contributed by atoms with van der Waals surface area (Å²) in [6.07, 6.45) is -5.95. The van der Waals surface area contributed by atoms with E-state index in [9.17, 15) is 18.0 Å². The van der Waals surface area contributed by atoms with Crippen LogP contribution in [-0.2, 0) is 0 Å². The Morgan fingerprint density at radius 2 is 2.16 bits per heavy atom. The Morgan fingerprint density at radius 1 is 1.53 bits per heavy atom. The van der Waals surface area contributed by atoms with Gasteiger partial charge in [0.25, 0.3) is 5.91 Å². The highest BCUT2D eigenvalue weighted by molar-refractivity contribution is 5.94. The quantitative estimate of drug-likeness (QED) is 0.854. The molecule has 0 fully saturated rings. The molecule has 1 aromatic heterocycles. The van der Waals surface area contributed by atoms with Crippen LogP contribution in [0.2, 0.25) is 0 Å². The van der Waals surface area contributed by atoms with Crippen molar-refractivity contribution in [2.24, 2.45) is 0 Å². The highest BCUT2D eigenvalue weighted by atomic mass is 19.4. The summed E-state index contributed by atoms with van der Waals surface area (Å²) in [4.78, 5) is 17.2. The van der Waals surface area contributed by atoms with E-state index in [1.165, 1.54) is 18.3 Å². The Bertz CT molecular complexity index is 449. The van der Waals surface area contributed by atoms with Gasteiger partial charge in [0, 0.05) is 25.9 Å². The number of rotatable bonds is 4. The lowest BCUT2D eigenvalue weighted by atomic mass is 10.2. The van der Waals surface area contributed by atoms with E-state index in [2.05, 4.69) is 4.98 Å². The number of alkyl halides is 3. The van der Waals surface area contributed by atoms with Gasteiger partial charge in [-0.25, -0.2) is 4.98 Å². The Balaban J connectivity index is 2.66. The summed E-state index contributed by atoms with van der Waals surface area (Å²) in [6, 6.07) is 2.82. The van der Waals surface area contributed by atoms with Crippen molar-refractivity contribution in [2.75, 3.05) is 25.5 Å². The highest BCUT2D eigenvalue weighted by Crippen LogP contribution is 2.19. The molecule has 0 aliphatic heterocycles. The van der Waals surface area contributed by atoms with Gasteiger partial charge in [-0.1, -0.05) is 0 Å². The molecule has 1 aromatic rings. The summed E-state index contributed by atoms with van der Waals surface area (Å²) in [5.41, 5.74) is 0.174. The molecule has 2 N–H and O–H groups in total. The van der Waals surface area contributed by atoms with Gasteiger partial charge in [-0.2, -0.15) is 13.2 Å². The number of anilines is 1. The average Bonchev–Trinajstić information content (AvgIpc) is 2.34. The summed E-state index contributed by atoms with van der Waals surface area (Å²) in [7, 11) is 3.44. The number of hydrogen-bond donors (Lipinski definition) is 2. The van der Waals surface area contributed by atoms with Crippen LogP contribution in [0.5, 0.6) is 0 Å². The fourth-order valence-electron chi connectivity index (χ4n) is 1.21. The van der Waals surface area contributed by atoms with Crippen LogP contribution in [0.3, 0.4) is 0 Å². The number of aliphatic hydroxyl groups is 1. The number of halogens is 3. The Morgan fingerprint density at radius 3 is 2.68 bits per heavy atom. The third kappa shape index (κ3) is 4.40. The molecule has 106 valence electrons. The third-order valence-electron chi connectivity index (χ3n) is 2.30. The number of carbonyl (C=O) groups excluding carboxylic acids is 1. The van der Waals surface area contributed by atoms with E-state index in [0.717, 1.165) is 0 Å². The maximum Gasteiger partial charge on any atom is 0.416 e. The van der Waals surface area contributed by atoms with Crippen LogP contribution in [-0.4, -0.2) is 48.9 Å². The van der Waals surface area contributed by atoms with E-state index in [4.69, 9.17) is 5.11 Å². The van der Waals surface area contributed by atoms with Gasteiger partial charge < -0.3 is 15.3 Å². The van der Waals surface area contributed by atoms with Gasteiger partial charge in [-0.05, 0) is 12.1 Å². The van der Waals surface area contributed by atoms with E-state index in [0.29, 0.717) is 5.82 Å². The molecule has 1 amide bonds. The lowest BCUT2D eigenvalue weighted by Crippen LogP contribution is -2.40. The van der Waals surface area contributed by atoms with Gasteiger partial charge in [0.2, 0.25) is 0 Å². The summed E-state index contributed by atoms with van der Waals surface area (Å²) < 4.78 is 36.2. The first-order valence-corrected chi connectivity index (χ1v) is 5.38. The smallest absolute Gasteiger partial charge is 0.382 e. The van der Waals surface area contributed by atoms with Gasteiger partial charge in [0.15, 0.2) is 6.10 Å². The molecule has 0 aliphatic rings. The van der Waals surface area contributed by atoms with Crippen LogP contribution in [0.25, 0.3) is 0 Å². The molecule has 0 aliphatic carbocycles. The molecular formula is C11H14F3N3O2. The van der Waals surface area contributed by atoms with E-state index in [-0.39, 0.29) is 5.56 Å². The minimum Gasteiger partial charge on any atom is -0.382 e.